The van der Waals surface area contributed by atoms with Crippen molar-refractivity contribution in [2.75, 3.05) is 17.4 Å². The Morgan fingerprint density at radius 1 is 0.927 bits per heavy atom. The lowest BCUT2D eigenvalue weighted by molar-refractivity contribution is -0.139. The van der Waals surface area contributed by atoms with Crippen molar-refractivity contribution in [1.29, 1.82) is 0 Å². The van der Waals surface area contributed by atoms with Gasteiger partial charge in [0.1, 0.15) is 18.4 Å². The molecule has 1 aliphatic rings. The van der Waals surface area contributed by atoms with Gasteiger partial charge in [-0.3, -0.25) is 13.9 Å². The van der Waals surface area contributed by atoms with Crippen LogP contribution in [0.5, 0.6) is 0 Å². The molecular weight excluding hydrogens is 541 g/mol. The lowest BCUT2D eigenvalue weighted by Gasteiger charge is -2.33. The van der Waals surface area contributed by atoms with E-state index in [1.165, 1.54) is 17.0 Å². The molecule has 1 unspecified atom stereocenters. The lowest BCUT2D eigenvalue weighted by Crippen LogP contribution is -2.53. The number of aryl methyl sites for hydroxylation is 1. The summed E-state index contributed by atoms with van der Waals surface area (Å²) in [7, 11) is -4.23. The van der Waals surface area contributed by atoms with E-state index >= 15 is 0 Å². The predicted octanol–water partition coefficient (Wildman–Crippen LogP) is 5.24. The second kappa shape index (κ2) is 13.8. The monoisotopic (exact) mass is 579 g/mol. The fraction of sp³-hybridized carbons (Fsp3) is 0.375. The molecule has 2 amide bonds. The molecule has 41 heavy (non-hydrogen) atoms. The summed E-state index contributed by atoms with van der Waals surface area (Å²) in [5, 5.41) is 3.10. The van der Waals surface area contributed by atoms with E-state index in [0.29, 0.717) is 12.1 Å². The van der Waals surface area contributed by atoms with Gasteiger partial charge < -0.3 is 10.2 Å². The van der Waals surface area contributed by atoms with Gasteiger partial charge in [0.2, 0.25) is 11.8 Å². The van der Waals surface area contributed by atoms with Crippen LogP contribution in [0, 0.1) is 12.7 Å². The van der Waals surface area contributed by atoms with E-state index in [-0.39, 0.29) is 23.4 Å². The molecule has 3 aromatic carbocycles. The zero-order valence-electron chi connectivity index (χ0n) is 23.6. The number of hydrogen-bond donors (Lipinski definition) is 1. The normalized spacial score (nSPS) is 14.7. The van der Waals surface area contributed by atoms with Gasteiger partial charge in [-0.25, -0.2) is 12.8 Å². The highest BCUT2D eigenvalue weighted by molar-refractivity contribution is 7.92. The molecular formula is C32H38FN3O4S. The van der Waals surface area contributed by atoms with Crippen LogP contribution in [0.4, 0.5) is 10.1 Å². The van der Waals surface area contributed by atoms with Gasteiger partial charge in [-0.15, -0.1) is 0 Å². The second-order valence-corrected chi connectivity index (χ2v) is 12.5. The highest BCUT2D eigenvalue weighted by Crippen LogP contribution is 2.25. The average molecular weight is 580 g/mol. The van der Waals surface area contributed by atoms with Crippen LogP contribution in [0.1, 0.15) is 50.2 Å². The molecule has 1 saturated carbocycles. The molecule has 1 fully saturated rings. The third-order valence-corrected chi connectivity index (χ3v) is 9.39. The van der Waals surface area contributed by atoms with Gasteiger partial charge in [0.05, 0.1) is 10.6 Å². The number of nitrogens with zero attached hydrogens (tertiary/aromatic N) is 2. The quantitative estimate of drug-likeness (QED) is 0.337. The Balaban J connectivity index is 1.63. The summed E-state index contributed by atoms with van der Waals surface area (Å²) >= 11 is 0. The van der Waals surface area contributed by atoms with Crippen molar-refractivity contribution in [3.8, 4) is 0 Å². The van der Waals surface area contributed by atoms with Crippen molar-refractivity contribution in [2.45, 2.75) is 69.4 Å². The third-order valence-electron chi connectivity index (χ3n) is 7.61. The van der Waals surface area contributed by atoms with Gasteiger partial charge >= 0.3 is 0 Å². The summed E-state index contributed by atoms with van der Waals surface area (Å²) in [4.78, 5) is 28.6. The maximum atomic E-state index is 14.0. The van der Waals surface area contributed by atoms with Gasteiger partial charge in [0.15, 0.2) is 0 Å². The second-order valence-electron chi connectivity index (χ2n) is 10.6. The first-order valence-corrected chi connectivity index (χ1v) is 15.6. The number of rotatable bonds is 11. The van der Waals surface area contributed by atoms with Gasteiger partial charge in [0, 0.05) is 12.6 Å². The molecule has 0 aliphatic heterocycles. The molecule has 7 nitrogen and oxygen atoms in total. The fourth-order valence-electron chi connectivity index (χ4n) is 5.11. The smallest absolute Gasteiger partial charge is 0.264 e. The van der Waals surface area contributed by atoms with Crippen molar-refractivity contribution in [3.63, 3.8) is 0 Å². The predicted molar refractivity (Wildman–Crippen MR) is 158 cm³/mol. The molecule has 0 saturated heterocycles. The fourth-order valence-corrected chi connectivity index (χ4v) is 6.53. The summed E-state index contributed by atoms with van der Waals surface area (Å²) in [6.45, 7) is 3.29. The summed E-state index contributed by atoms with van der Waals surface area (Å²) in [5.74, 6) is -1.31. The lowest BCUT2D eigenvalue weighted by atomic mass is 9.95. The standard InChI is InChI=1S/C32H38FN3O4S/c1-24-13-17-29(18-14-24)36(41(39,40)30-19-15-27(33)16-20-30)23-31(37)35(22-21-26-9-5-3-6-10-26)25(2)32(38)34-28-11-7-4-8-12-28/h3,5-6,9-10,13-20,25,28H,4,7-8,11-12,21-23H2,1-2H3,(H,34,38). The van der Waals surface area contributed by atoms with E-state index < -0.39 is 34.3 Å². The molecule has 1 atom stereocenters. The number of carbonyl (C=O) groups excluding carboxylic acids is 2. The largest absolute Gasteiger partial charge is 0.352 e. The zero-order valence-corrected chi connectivity index (χ0v) is 24.4. The maximum Gasteiger partial charge on any atom is 0.264 e. The molecule has 0 aromatic heterocycles. The molecule has 0 spiro atoms. The minimum absolute atomic E-state index is 0.0766. The number of carbonyl (C=O) groups is 2. The van der Waals surface area contributed by atoms with E-state index in [0.717, 1.165) is 59.7 Å². The van der Waals surface area contributed by atoms with Crippen LogP contribution in [0.2, 0.25) is 0 Å². The number of sulfonamides is 1. The van der Waals surface area contributed by atoms with E-state index in [1.54, 1.807) is 31.2 Å². The zero-order chi connectivity index (χ0) is 29.4. The van der Waals surface area contributed by atoms with Crippen LogP contribution in [-0.2, 0) is 26.0 Å². The van der Waals surface area contributed by atoms with Crippen LogP contribution >= 0.6 is 0 Å². The summed E-state index contributed by atoms with van der Waals surface area (Å²) < 4.78 is 42.2. The summed E-state index contributed by atoms with van der Waals surface area (Å²) in [6.07, 6.45) is 5.59. The minimum atomic E-state index is -4.23. The molecule has 1 aliphatic carbocycles. The number of hydrogen-bond acceptors (Lipinski definition) is 4. The van der Waals surface area contributed by atoms with E-state index in [2.05, 4.69) is 5.32 Å². The molecule has 0 radical (unpaired) electrons. The van der Waals surface area contributed by atoms with Crippen LogP contribution in [0.3, 0.4) is 0 Å². The van der Waals surface area contributed by atoms with E-state index in [1.807, 2.05) is 37.3 Å². The van der Waals surface area contributed by atoms with Crippen LogP contribution in [-0.4, -0.2) is 50.3 Å². The molecule has 3 aromatic rings. The number of benzene rings is 3. The van der Waals surface area contributed by atoms with Crippen LogP contribution in [0.15, 0.2) is 83.8 Å². The number of halogens is 1. The first kappa shape index (κ1) is 30.2. The third kappa shape index (κ3) is 7.94. The molecule has 4 rings (SSSR count). The molecule has 1 N–H and O–H groups in total. The first-order chi connectivity index (χ1) is 19.6. The topological polar surface area (TPSA) is 86.8 Å². The van der Waals surface area contributed by atoms with Crippen molar-refractivity contribution in [2.24, 2.45) is 0 Å². The van der Waals surface area contributed by atoms with E-state index in [9.17, 15) is 22.4 Å². The van der Waals surface area contributed by atoms with E-state index in [4.69, 9.17) is 0 Å². The highest BCUT2D eigenvalue weighted by atomic mass is 32.2. The van der Waals surface area contributed by atoms with Crippen LogP contribution < -0.4 is 9.62 Å². The molecule has 0 heterocycles. The van der Waals surface area contributed by atoms with Crippen molar-refractivity contribution in [1.82, 2.24) is 10.2 Å². The van der Waals surface area contributed by atoms with Gasteiger partial charge in [-0.05, 0) is 75.1 Å². The Labute approximate surface area is 242 Å². The minimum Gasteiger partial charge on any atom is -0.352 e. The Kier molecular flexibility index (Phi) is 10.2. The van der Waals surface area contributed by atoms with Crippen molar-refractivity contribution in [3.05, 3.63) is 95.8 Å². The Bertz CT molecular complexity index is 1410. The van der Waals surface area contributed by atoms with Gasteiger partial charge in [-0.2, -0.15) is 0 Å². The Morgan fingerprint density at radius 3 is 2.20 bits per heavy atom. The van der Waals surface area contributed by atoms with Crippen LogP contribution in [0.25, 0.3) is 0 Å². The highest BCUT2D eigenvalue weighted by Gasteiger charge is 2.33. The Morgan fingerprint density at radius 2 is 1.56 bits per heavy atom. The Hall–Kier alpha value is -3.72. The average Bonchev–Trinajstić information content (AvgIpc) is 2.97. The summed E-state index contributed by atoms with van der Waals surface area (Å²) in [6, 6.07) is 20.2. The summed E-state index contributed by atoms with van der Waals surface area (Å²) in [5.41, 5.74) is 2.23. The van der Waals surface area contributed by atoms with Gasteiger partial charge in [0.25, 0.3) is 10.0 Å². The molecule has 9 heteroatoms. The van der Waals surface area contributed by atoms with Gasteiger partial charge in [-0.1, -0.05) is 67.3 Å². The number of nitrogens with one attached hydrogen (secondary N) is 1. The molecule has 218 valence electrons. The molecule has 0 bridgehead atoms. The number of amides is 2. The van der Waals surface area contributed by atoms with Crippen molar-refractivity contribution < 1.29 is 22.4 Å². The SMILES string of the molecule is Cc1ccc(N(CC(=O)N(CCc2ccccc2)C(C)C(=O)NC2CCCCC2)S(=O)(=O)c2ccc(F)cc2)cc1. The van der Waals surface area contributed by atoms with Crippen molar-refractivity contribution >= 4 is 27.5 Å². The first-order valence-electron chi connectivity index (χ1n) is 14.1. The maximum absolute atomic E-state index is 14.0. The number of anilines is 1.